The summed E-state index contributed by atoms with van der Waals surface area (Å²) in [6.07, 6.45) is 3.40. The number of halogens is 1. The molecule has 0 aliphatic carbocycles. The molecule has 0 radical (unpaired) electrons. The van der Waals surface area contributed by atoms with Crippen molar-refractivity contribution in [2.45, 2.75) is 42.0 Å². The number of hydrogen-bond acceptors (Lipinski definition) is 7. The highest BCUT2D eigenvalue weighted by Gasteiger charge is 2.43. The van der Waals surface area contributed by atoms with Gasteiger partial charge in [0, 0.05) is 62.8 Å². The average Bonchev–Trinajstić information content (AvgIpc) is 2.98. The number of sulfonamides is 1. The number of anilines is 1. The van der Waals surface area contributed by atoms with Crippen molar-refractivity contribution in [1.29, 1.82) is 0 Å². The first-order valence-electron chi connectivity index (χ1n) is 14.6. The predicted molar refractivity (Wildman–Crippen MR) is 160 cm³/mol. The molecule has 3 fully saturated rings. The Bertz CT molecular complexity index is 1530. The zero-order chi connectivity index (χ0) is 28.8. The van der Waals surface area contributed by atoms with Gasteiger partial charge in [-0.05, 0) is 75.5 Å². The van der Waals surface area contributed by atoms with Crippen molar-refractivity contribution < 1.29 is 17.5 Å². The van der Waals surface area contributed by atoms with Crippen LogP contribution in [0.15, 0.2) is 53.4 Å². The second-order valence-corrected chi connectivity index (χ2v) is 13.9. The molecular weight excluding hydrogens is 541 g/mol. The van der Waals surface area contributed by atoms with Gasteiger partial charge < -0.3 is 14.5 Å². The Hall–Kier alpha value is -2.79. The Labute approximate surface area is 242 Å². The molecule has 3 aliphatic heterocycles. The van der Waals surface area contributed by atoms with Crippen LogP contribution in [0.25, 0.3) is 10.9 Å². The van der Waals surface area contributed by atoms with Crippen molar-refractivity contribution in [1.82, 2.24) is 19.1 Å². The van der Waals surface area contributed by atoms with Crippen LogP contribution >= 0.6 is 0 Å². The van der Waals surface area contributed by atoms with Crippen LogP contribution in [0.5, 0.6) is 5.75 Å². The first-order chi connectivity index (χ1) is 19.7. The number of para-hydroxylation sites is 1. The van der Waals surface area contributed by atoms with E-state index in [2.05, 4.69) is 28.8 Å². The number of fused-ring (bicyclic) bond motifs is 1. The van der Waals surface area contributed by atoms with Gasteiger partial charge in [-0.15, -0.1) is 0 Å². The summed E-state index contributed by atoms with van der Waals surface area (Å²) < 4.78 is 50.0. The van der Waals surface area contributed by atoms with Crippen molar-refractivity contribution in [2.75, 3.05) is 71.9 Å². The molecule has 1 spiro atoms. The molecule has 0 N–H and O–H groups in total. The summed E-state index contributed by atoms with van der Waals surface area (Å²) in [4.78, 5) is 12.3. The van der Waals surface area contributed by atoms with Gasteiger partial charge >= 0.3 is 0 Å². The lowest BCUT2D eigenvalue weighted by molar-refractivity contribution is 0.00932. The summed E-state index contributed by atoms with van der Waals surface area (Å²) >= 11 is 0. The smallest absolute Gasteiger partial charge is 0.246 e. The summed E-state index contributed by atoms with van der Waals surface area (Å²) in [6.45, 7) is 5.34. The van der Waals surface area contributed by atoms with Gasteiger partial charge in [0.25, 0.3) is 0 Å². The number of piperazine rings is 1. The quantitative estimate of drug-likeness (QED) is 0.448. The summed E-state index contributed by atoms with van der Waals surface area (Å²) in [7, 11) is 2.04. The third-order valence-corrected chi connectivity index (χ3v) is 11.3. The predicted octanol–water partition coefficient (Wildman–Crippen LogP) is 4.17. The number of methoxy groups -OCH3 is 1. The first-order valence-corrected chi connectivity index (χ1v) is 16.0. The maximum Gasteiger partial charge on any atom is 0.246 e. The van der Waals surface area contributed by atoms with Gasteiger partial charge in [0.1, 0.15) is 22.3 Å². The molecule has 0 amide bonds. The topological polar surface area (TPSA) is 69.2 Å². The average molecular weight is 582 g/mol. The van der Waals surface area contributed by atoms with Gasteiger partial charge in [-0.2, -0.15) is 4.31 Å². The molecule has 4 heterocycles. The first kappa shape index (κ1) is 28.3. The molecule has 10 heteroatoms. The lowest BCUT2D eigenvalue weighted by Crippen LogP contribution is -2.63. The van der Waals surface area contributed by atoms with Crippen LogP contribution in [0, 0.1) is 5.82 Å². The van der Waals surface area contributed by atoms with E-state index in [0.29, 0.717) is 31.1 Å². The van der Waals surface area contributed by atoms with Gasteiger partial charge in [0.05, 0.1) is 12.6 Å². The van der Waals surface area contributed by atoms with E-state index in [1.165, 1.54) is 19.2 Å². The van der Waals surface area contributed by atoms with Gasteiger partial charge in [-0.25, -0.2) is 17.8 Å². The summed E-state index contributed by atoms with van der Waals surface area (Å²) in [6, 6.07) is 14.2. The monoisotopic (exact) mass is 581 g/mol. The minimum absolute atomic E-state index is 0.103. The van der Waals surface area contributed by atoms with Crippen molar-refractivity contribution in [3.8, 4) is 5.75 Å². The fraction of sp³-hybridized carbons (Fsp3) is 0.516. The number of pyridine rings is 1. The normalized spacial score (nSPS) is 22.8. The molecule has 1 unspecified atom stereocenters. The Morgan fingerprint density at radius 2 is 1.78 bits per heavy atom. The number of aromatic nitrogens is 1. The van der Waals surface area contributed by atoms with Crippen LogP contribution in [0.4, 0.5) is 10.2 Å². The van der Waals surface area contributed by atoms with E-state index in [0.717, 1.165) is 68.5 Å². The van der Waals surface area contributed by atoms with Crippen molar-refractivity contribution in [3.05, 3.63) is 59.9 Å². The van der Waals surface area contributed by atoms with Crippen molar-refractivity contribution in [2.24, 2.45) is 0 Å². The fourth-order valence-corrected chi connectivity index (χ4v) is 8.65. The molecule has 2 aromatic carbocycles. The molecule has 3 aliphatic rings. The van der Waals surface area contributed by atoms with Crippen molar-refractivity contribution in [3.63, 3.8) is 0 Å². The number of nitrogens with zero attached hydrogens (tertiary/aromatic N) is 5. The van der Waals surface area contributed by atoms with E-state index in [4.69, 9.17) is 9.72 Å². The Morgan fingerprint density at radius 3 is 2.56 bits per heavy atom. The van der Waals surface area contributed by atoms with E-state index in [1.54, 1.807) is 10.4 Å². The molecule has 1 aromatic heterocycles. The van der Waals surface area contributed by atoms with Crippen LogP contribution < -0.4 is 9.64 Å². The molecule has 1 atom stereocenters. The summed E-state index contributed by atoms with van der Waals surface area (Å²) in [5.74, 6) is 0.491. The third-order valence-electron chi connectivity index (χ3n) is 9.46. The number of rotatable bonds is 5. The van der Waals surface area contributed by atoms with E-state index < -0.39 is 10.0 Å². The standard InChI is InChI=1S/C31H40FN5O3S/c1-34-15-16-35(2)31(22-34)10-13-36(14-11-31)30-29(19-23-7-4-5-9-28(23)33-30)41(38,39)37-12-6-8-24(21-37)25-17-26(32)20-27(18-25)40-3/h4-5,7,9,17-20,24H,6,8,10-16,21-22H2,1-3H3. The van der Waals surface area contributed by atoms with E-state index in [-0.39, 0.29) is 22.2 Å². The van der Waals surface area contributed by atoms with Crippen molar-refractivity contribution >= 4 is 26.7 Å². The lowest BCUT2D eigenvalue weighted by atomic mass is 9.84. The molecule has 3 saturated heterocycles. The van der Waals surface area contributed by atoms with Gasteiger partial charge in [0.15, 0.2) is 0 Å². The summed E-state index contributed by atoms with van der Waals surface area (Å²) in [5, 5.41) is 0.806. The highest BCUT2D eigenvalue weighted by Crippen LogP contribution is 2.38. The molecule has 3 aromatic rings. The molecule has 0 saturated carbocycles. The number of hydrogen-bond donors (Lipinski definition) is 0. The van der Waals surface area contributed by atoms with Gasteiger partial charge in [0.2, 0.25) is 10.0 Å². The van der Waals surface area contributed by atoms with E-state index >= 15 is 0 Å². The van der Waals surface area contributed by atoms with Gasteiger partial charge in [-0.3, -0.25) is 4.90 Å². The van der Waals surface area contributed by atoms with Crippen LogP contribution in [0.2, 0.25) is 0 Å². The molecule has 41 heavy (non-hydrogen) atoms. The zero-order valence-corrected chi connectivity index (χ0v) is 25.0. The van der Waals surface area contributed by atoms with Crippen LogP contribution in [-0.2, 0) is 10.0 Å². The number of benzene rings is 2. The highest BCUT2D eigenvalue weighted by molar-refractivity contribution is 7.89. The van der Waals surface area contributed by atoms with E-state index in [9.17, 15) is 12.8 Å². The SMILES string of the molecule is COc1cc(F)cc(C2CCCN(S(=O)(=O)c3cc4ccccc4nc3N3CCC4(CC3)CN(C)CCN4C)C2)c1. The second-order valence-electron chi connectivity index (χ2n) is 12.0. The summed E-state index contributed by atoms with van der Waals surface area (Å²) in [5.41, 5.74) is 1.66. The minimum atomic E-state index is -3.87. The van der Waals surface area contributed by atoms with Crippen LogP contribution in [0.3, 0.4) is 0 Å². The molecule has 220 valence electrons. The molecule has 0 bridgehead atoms. The second kappa shape index (κ2) is 11.1. The zero-order valence-electron chi connectivity index (χ0n) is 24.2. The van der Waals surface area contributed by atoms with E-state index in [1.807, 2.05) is 30.3 Å². The maximum absolute atomic E-state index is 14.4. The lowest BCUT2D eigenvalue weighted by Gasteiger charge is -2.52. The van der Waals surface area contributed by atoms with Crippen LogP contribution in [-0.4, -0.2) is 100 Å². The number of piperidine rings is 2. The van der Waals surface area contributed by atoms with Gasteiger partial charge in [-0.1, -0.05) is 18.2 Å². The Morgan fingerprint density at radius 1 is 1.00 bits per heavy atom. The maximum atomic E-state index is 14.4. The largest absolute Gasteiger partial charge is 0.497 e. The third kappa shape index (κ3) is 5.43. The molecule has 6 rings (SSSR count). The number of likely N-dealkylation sites (N-methyl/N-ethyl adjacent to an activating group) is 2. The molecular formula is C31H40FN5O3S. The fourth-order valence-electron chi connectivity index (χ4n) is 6.95. The van der Waals surface area contributed by atoms with Crippen LogP contribution in [0.1, 0.15) is 37.2 Å². The minimum Gasteiger partial charge on any atom is -0.497 e. The Balaban J connectivity index is 1.32. The highest BCUT2D eigenvalue weighted by atomic mass is 32.2. The molecule has 8 nitrogen and oxygen atoms in total. The number of ether oxygens (including phenoxy) is 1. The Kier molecular flexibility index (Phi) is 7.69.